The maximum Gasteiger partial charge on any atom is 0.416 e. The third-order valence-electron chi connectivity index (χ3n) is 5.44. The first-order valence-electron chi connectivity index (χ1n) is 10.7. The molecular weight excluding hydrogens is 453 g/mol. The van der Waals surface area contributed by atoms with Crippen LogP contribution in [-0.2, 0) is 12.7 Å². The summed E-state index contributed by atoms with van der Waals surface area (Å²) >= 11 is 0. The molecule has 182 valence electrons. The standard InChI is InChI=1S/C22H25F3N6O3/c1-4-6-10-30-18(26)17(19(32)28-21(30)34)29(5-2)20(33)16-12-27-31(13(16)3)15-9-7-8-14(11-15)22(23,24)25/h7-9,11-12H,4-6,10,26H2,1-3H3,(H,28,32,34). The van der Waals surface area contributed by atoms with E-state index in [2.05, 4.69) is 10.1 Å². The number of hydrogen-bond acceptors (Lipinski definition) is 5. The van der Waals surface area contributed by atoms with E-state index in [1.807, 2.05) is 6.92 Å². The molecule has 3 N–H and O–H groups in total. The fourth-order valence-electron chi connectivity index (χ4n) is 3.62. The number of alkyl halides is 3. The number of amides is 1. The van der Waals surface area contributed by atoms with E-state index in [0.717, 1.165) is 23.5 Å². The quantitative estimate of drug-likeness (QED) is 0.541. The van der Waals surface area contributed by atoms with Crippen molar-refractivity contribution in [2.45, 2.75) is 46.3 Å². The molecule has 3 aromatic rings. The number of H-pyrrole nitrogens is 1. The van der Waals surface area contributed by atoms with Crippen molar-refractivity contribution in [3.63, 3.8) is 0 Å². The number of nitrogens with one attached hydrogen (secondary N) is 1. The summed E-state index contributed by atoms with van der Waals surface area (Å²) in [5.74, 6) is -0.767. The van der Waals surface area contributed by atoms with Gasteiger partial charge in [-0.25, -0.2) is 9.48 Å². The molecule has 0 radical (unpaired) electrons. The van der Waals surface area contributed by atoms with Gasteiger partial charge in [-0.1, -0.05) is 19.4 Å². The van der Waals surface area contributed by atoms with E-state index in [1.165, 1.54) is 34.5 Å². The number of rotatable bonds is 7. The minimum absolute atomic E-state index is 0.0479. The Kier molecular flexibility index (Phi) is 6.99. The first-order chi connectivity index (χ1) is 16.0. The molecule has 3 rings (SSSR count). The molecule has 0 spiro atoms. The molecule has 0 saturated carbocycles. The lowest BCUT2D eigenvalue weighted by Gasteiger charge is -2.23. The zero-order valence-corrected chi connectivity index (χ0v) is 18.9. The van der Waals surface area contributed by atoms with Crippen molar-refractivity contribution < 1.29 is 18.0 Å². The first-order valence-corrected chi connectivity index (χ1v) is 10.7. The van der Waals surface area contributed by atoms with Crippen LogP contribution in [0.3, 0.4) is 0 Å². The number of nitrogen functional groups attached to an aromatic ring is 1. The van der Waals surface area contributed by atoms with Gasteiger partial charge in [-0.2, -0.15) is 18.3 Å². The lowest BCUT2D eigenvalue weighted by atomic mass is 10.1. The molecule has 0 bridgehead atoms. The average molecular weight is 478 g/mol. The topological polar surface area (TPSA) is 119 Å². The molecule has 0 aliphatic carbocycles. The van der Waals surface area contributed by atoms with E-state index in [0.29, 0.717) is 6.42 Å². The van der Waals surface area contributed by atoms with E-state index in [1.54, 1.807) is 6.92 Å². The summed E-state index contributed by atoms with van der Waals surface area (Å²) in [5.41, 5.74) is 4.10. The SMILES string of the molecule is CCCCn1c(N)c(N(CC)C(=O)c2cnn(-c3cccc(C(F)(F)F)c3)c2C)c(=O)[nH]c1=O. The van der Waals surface area contributed by atoms with Gasteiger partial charge in [0.15, 0.2) is 5.69 Å². The highest BCUT2D eigenvalue weighted by molar-refractivity contribution is 6.07. The minimum Gasteiger partial charge on any atom is -0.383 e. The number of halogens is 3. The summed E-state index contributed by atoms with van der Waals surface area (Å²) in [7, 11) is 0. The average Bonchev–Trinajstić information content (AvgIpc) is 3.16. The van der Waals surface area contributed by atoms with Gasteiger partial charge in [0.05, 0.1) is 28.7 Å². The molecule has 0 aliphatic rings. The first kappa shape index (κ1) is 24.8. The number of nitrogens with two attached hydrogens (primary N) is 1. The Morgan fingerprint density at radius 1 is 1.24 bits per heavy atom. The van der Waals surface area contributed by atoms with Crippen LogP contribution in [0.2, 0.25) is 0 Å². The Morgan fingerprint density at radius 2 is 1.94 bits per heavy atom. The maximum absolute atomic E-state index is 13.4. The van der Waals surface area contributed by atoms with Gasteiger partial charge in [0.25, 0.3) is 11.5 Å². The number of aromatic nitrogens is 4. The molecule has 2 aromatic heterocycles. The van der Waals surface area contributed by atoms with Gasteiger partial charge in [0.2, 0.25) is 0 Å². The Morgan fingerprint density at radius 3 is 2.56 bits per heavy atom. The molecule has 2 heterocycles. The summed E-state index contributed by atoms with van der Waals surface area (Å²) in [5, 5.41) is 4.09. The van der Waals surface area contributed by atoms with Crippen LogP contribution in [0.1, 0.15) is 48.3 Å². The molecule has 1 amide bonds. The Hall–Kier alpha value is -3.83. The van der Waals surface area contributed by atoms with E-state index in [4.69, 9.17) is 5.73 Å². The summed E-state index contributed by atoms with van der Waals surface area (Å²) in [6.07, 6.45) is -1.89. The van der Waals surface area contributed by atoms with Crippen LogP contribution < -0.4 is 21.9 Å². The van der Waals surface area contributed by atoms with Crippen LogP contribution in [0.15, 0.2) is 40.1 Å². The highest BCUT2D eigenvalue weighted by Gasteiger charge is 2.31. The zero-order chi connectivity index (χ0) is 25.2. The molecule has 0 saturated heterocycles. The van der Waals surface area contributed by atoms with Gasteiger partial charge in [-0.05, 0) is 38.5 Å². The van der Waals surface area contributed by atoms with Crippen molar-refractivity contribution >= 4 is 17.4 Å². The number of hydrogen-bond donors (Lipinski definition) is 2. The van der Waals surface area contributed by atoms with Gasteiger partial charge >= 0.3 is 11.9 Å². The van der Waals surface area contributed by atoms with Gasteiger partial charge in [0, 0.05) is 13.1 Å². The molecular formula is C22H25F3N6O3. The monoisotopic (exact) mass is 478 g/mol. The number of unbranched alkanes of at least 4 members (excludes halogenated alkanes) is 1. The molecule has 34 heavy (non-hydrogen) atoms. The third kappa shape index (κ3) is 4.61. The number of benzene rings is 1. The molecule has 9 nitrogen and oxygen atoms in total. The van der Waals surface area contributed by atoms with Crippen LogP contribution in [0.4, 0.5) is 24.7 Å². The van der Waals surface area contributed by atoms with Crippen molar-refractivity contribution in [3.8, 4) is 5.69 Å². The lowest BCUT2D eigenvalue weighted by Crippen LogP contribution is -2.41. The van der Waals surface area contributed by atoms with E-state index >= 15 is 0 Å². The van der Waals surface area contributed by atoms with Crippen LogP contribution in [0, 0.1) is 6.92 Å². The number of nitrogens with zero attached hydrogens (tertiary/aromatic N) is 4. The van der Waals surface area contributed by atoms with Crippen LogP contribution in [0.25, 0.3) is 5.69 Å². The van der Waals surface area contributed by atoms with Crippen molar-refractivity contribution in [1.82, 2.24) is 19.3 Å². The smallest absolute Gasteiger partial charge is 0.383 e. The molecule has 0 atom stereocenters. The molecule has 1 aromatic carbocycles. The summed E-state index contributed by atoms with van der Waals surface area (Å²) < 4.78 is 41.8. The van der Waals surface area contributed by atoms with Crippen LogP contribution >= 0.6 is 0 Å². The van der Waals surface area contributed by atoms with Crippen LogP contribution in [-0.4, -0.2) is 31.8 Å². The van der Waals surface area contributed by atoms with Crippen molar-refractivity contribution in [2.24, 2.45) is 0 Å². The van der Waals surface area contributed by atoms with Gasteiger partial charge in [0.1, 0.15) is 5.82 Å². The number of carbonyl (C=O) groups excluding carboxylic acids is 1. The molecule has 12 heteroatoms. The summed E-state index contributed by atoms with van der Waals surface area (Å²) in [4.78, 5) is 41.5. The minimum atomic E-state index is -4.53. The fraction of sp³-hybridized carbons (Fsp3) is 0.364. The largest absolute Gasteiger partial charge is 0.416 e. The van der Waals surface area contributed by atoms with E-state index in [-0.39, 0.29) is 41.5 Å². The van der Waals surface area contributed by atoms with E-state index in [9.17, 15) is 27.6 Å². The van der Waals surface area contributed by atoms with Crippen molar-refractivity contribution in [2.75, 3.05) is 17.2 Å². The van der Waals surface area contributed by atoms with Crippen molar-refractivity contribution in [3.05, 3.63) is 68.1 Å². The number of anilines is 2. The molecule has 0 fully saturated rings. The van der Waals surface area contributed by atoms with Gasteiger partial charge in [-0.3, -0.25) is 19.1 Å². The van der Waals surface area contributed by atoms with Crippen LogP contribution in [0.5, 0.6) is 0 Å². The predicted octanol–water partition coefficient (Wildman–Crippen LogP) is 3.10. The Bertz CT molecular complexity index is 1320. The fourth-order valence-corrected chi connectivity index (χ4v) is 3.62. The lowest BCUT2D eigenvalue weighted by molar-refractivity contribution is -0.137. The van der Waals surface area contributed by atoms with E-state index < -0.39 is 28.9 Å². The molecule has 0 aliphatic heterocycles. The third-order valence-corrected chi connectivity index (χ3v) is 5.44. The molecule has 0 unspecified atom stereocenters. The summed E-state index contributed by atoms with van der Waals surface area (Å²) in [6, 6.07) is 4.56. The second kappa shape index (κ2) is 9.57. The maximum atomic E-state index is 13.4. The second-order valence-electron chi connectivity index (χ2n) is 7.65. The number of carbonyl (C=O) groups is 1. The second-order valence-corrected chi connectivity index (χ2v) is 7.65. The zero-order valence-electron chi connectivity index (χ0n) is 18.9. The normalized spacial score (nSPS) is 11.6. The van der Waals surface area contributed by atoms with Gasteiger partial charge in [-0.15, -0.1) is 0 Å². The Labute approximate surface area is 192 Å². The van der Waals surface area contributed by atoms with Crippen molar-refractivity contribution in [1.29, 1.82) is 0 Å². The highest BCUT2D eigenvalue weighted by Crippen LogP contribution is 2.31. The number of aromatic amines is 1. The summed E-state index contributed by atoms with van der Waals surface area (Å²) in [6.45, 7) is 5.41. The Balaban J connectivity index is 2.05. The predicted molar refractivity (Wildman–Crippen MR) is 121 cm³/mol. The van der Waals surface area contributed by atoms with Gasteiger partial charge < -0.3 is 10.6 Å². The highest BCUT2D eigenvalue weighted by atomic mass is 19.4.